The SMILES string of the molecule is CCCCCC/C=C\CCCCCCCCCC(=O)OCC1OC(OC2C(O)C(O)C(O)C(OC3OC(CO)C(O)C(O)C3O)C2OP(=O)(O)OCC(COC(=O)CCCCCCCCCCCCCCCC)OC(=O)CCCCC/C=C\CCCCCCCC)C(O)C(O)C1O. The van der Waals surface area contributed by atoms with Crippen molar-refractivity contribution in [3.05, 3.63) is 24.3 Å². The number of rotatable bonds is 58. The van der Waals surface area contributed by atoms with E-state index in [0.717, 1.165) is 109 Å². The molecule has 0 amide bonds. The smallest absolute Gasteiger partial charge is 0.463 e. The molecule has 568 valence electrons. The molecule has 0 aromatic heterocycles. The molecule has 2 heterocycles. The molecular weight excluding hydrogens is 1280 g/mol. The number of phosphoric ester groups is 1. The molecule has 2 saturated heterocycles. The molecule has 97 heavy (non-hydrogen) atoms. The Bertz CT molecular complexity index is 2110. The lowest BCUT2D eigenvalue weighted by atomic mass is 9.84. The van der Waals surface area contributed by atoms with E-state index in [1.165, 1.54) is 109 Å². The molecule has 3 aliphatic rings. The second-order valence-corrected chi connectivity index (χ2v) is 28.4. The molecule has 2 aliphatic heterocycles. The Morgan fingerprint density at radius 2 is 0.722 bits per heavy atom. The largest absolute Gasteiger partial charge is 0.472 e. The van der Waals surface area contributed by atoms with Gasteiger partial charge in [0.2, 0.25) is 0 Å². The highest BCUT2D eigenvalue weighted by molar-refractivity contribution is 7.47. The van der Waals surface area contributed by atoms with E-state index in [0.29, 0.717) is 25.7 Å². The minimum atomic E-state index is -5.70. The quantitative estimate of drug-likeness (QED) is 0.00886. The highest BCUT2D eigenvalue weighted by Crippen LogP contribution is 2.49. The van der Waals surface area contributed by atoms with Crippen LogP contribution >= 0.6 is 7.82 Å². The van der Waals surface area contributed by atoms with Crippen molar-refractivity contribution < 1.29 is 117 Å². The molecule has 1 saturated carbocycles. The first-order valence-electron chi connectivity index (χ1n) is 37.6. The third kappa shape index (κ3) is 37.4. The van der Waals surface area contributed by atoms with Gasteiger partial charge in [-0.25, -0.2) is 4.57 Å². The van der Waals surface area contributed by atoms with Crippen molar-refractivity contribution in [3.63, 3.8) is 0 Å². The van der Waals surface area contributed by atoms with Gasteiger partial charge in [-0.2, -0.15) is 0 Å². The molecule has 0 spiro atoms. The summed E-state index contributed by atoms with van der Waals surface area (Å²) in [6, 6.07) is 0. The van der Waals surface area contributed by atoms with E-state index in [-0.39, 0.29) is 19.3 Å². The van der Waals surface area contributed by atoms with Crippen LogP contribution in [0.1, 0.15) is 284 Å². The average molecular weight is 1410 g/mol. The molecule has 0 radical (unpaired) electrons. The van der Waals surface area contributed by atoms with Crippen molar-refractivity contribution in [1.82, 2.24) is 0 Å². The van der Waals surface area contributed by atoms with E-state index in [9.17, 15) is 74.9 Å². The maximum Gasteiger partial charge on any atom is 0.472 e. The monoisotopic (exact) mass is 1410 g/mol. The average Bonchev–Trinajstić information content (AvgIpc) is 0.764. The maximum absolute atomic E-state index is 14.3. The number of phosphoric acid groups is 1. The van der Waals surface area contributed by atoms with Crippen LogP contribution in [0.15, 0.2) is 24.3 Å². The molecule has 0 aromatic carbocycles. The summed E-state index contributed by atoms with van der Waals surface area (Å²) >= 11 is 0. The van der Waals surface area contributed by atoms with E-state index in [1.54, 1.807) is 0 Å². The fourth-order valence-corrected chi connectivity index (χ4v) is 13.2. The molecule has 18 unspecified atom stereocenters. The second kappa shape index (κ2) is 54.1. The normalized spacial score (nSPS) is 27.9. The summed E-state index contributed by atoms with van der Waals surface area (Å²) in [5, 5.41) is 110. The van der Waals surface area contributed by atoms with Crippen LogP contribution < -0.4 is 0 Å². The third-order valence-corrected chi connectivity index (χ3v) is 19.4. The summed E-state index contributed by atoms with van der Waals surface area (Å²) in [4.78, 5) is 50.9. The maximum atomic E-state index is 14.3. The van der Waals surface area contributed by atoms with Gasteiger partial charge in [0.05, 0.1) is 13.2 Å². The number of carbonyl (C=O) groups excluding carboxylic acids is 3. The lowest BCUT2D eigenvalue weighted by molar-refractivity contribution is -0.360. The molecule has 3 fully saturated rings. The Balaban J connectivity index is 1.74. The number of allylic oxidation sites excluding steroid dienone is 4. The van der Waals surface area contributed by atoms with Crippen LogP contribution in [-0.4, -0.2) is 204 Å². The van der Waals surface area contributed by atoms with Crippen molar-refractivity contribution in [1.29, 1.82) is 0 Å². The van der Waals surface area contributed by atoms with Gasteiger partial charge in [-0.3, -0.25) is 23.4 Å². The molecule has 1 aliphatic carbocycles. The number of ether oxygens (including phenoxy) is 7. The van der Waals surface area contributed by atoms with E-state index in [1.807, 2.05) is 0 Å². The lowest BCUT2D eigenvalue weighted by Gasteiger charge is -2.49. The van der Waals surface area contributed by atoms with Crippen molar-refractivity contribution in [2.75, 3.05) is 26.4 Å². The van der Waals surface area contributed by atoms with Crippen molar-refractivity contribution in [2.45, 2.75) is 388 Å². The van der Waals surface area contributed by atoms with E-state index >= 15 is 0 Å². The van der Waals surface area contributed by atoms with E-state index in [2.05, 4.69) is 45.1 Å². The minimum absolute atomic E-state index is 0.0230. The van der Waals surface area contributed by atoms with Gasteiger partial charge < -0.3 is 89.1 Å². The summed E-state index contributed by atoms with van der Waals surface area (Å²) in [6.45, 7) is 3.41. The standard InChI is InChI=1S/C72H131O24P/c1-4-7-10-13-16-19-22-25-27-30-32-35-38-41-44-47-57(75)89-52-55-60(78)62(80)67(85)72(93-55)95-69-65(83)63(81)64(82)68(94-71-66(84)61(79)59(77)54(49-73)92-71)70(69)96-97(86,87)90-51-53(91-58(76)48-45-42-39-36-33-28-24-21-18-15-12-9-6-3)50-88-56(74)46-43-40-37-34-31-29-26-23-20-17-14-11-8-5-2/h19,22,28,33,53-55,59-73,77-85H,4-18,20-21,23-27,29-32,34-52H2,1-3H3,(H,86,87)/b22-19-,33-28-. The van der Waals surface area contributed by atoms with E-state index in [4.69, 9.17) is 42.2 Å². The first-order chi connectivity index (χ1) is 46.8. The highest BCUT2D eigenvalue weighted by Gasteiger charge is 2.58. The fraction of sp³-hybridized carbons (Fsp3) is 0.903. The summed E-state index contributed by atoms with van der Waals surface area (Å²) in [5.74, 6) is -2.01. The van der Waals surface area contributed by atoms with Crippen LogP contribution in [0.4, 0.5) is 0 Å². The predicted molar refractivity (Wildman–Crippen MR) is 365 cm³/mol. The number of hydrogen-bond donors (Lipinski definition) is 11. The van der Waals surface area contributed by atoms with E-state index < -0.39 is 156 Å². The van der Waals surface area contributed by atoms with Crippen molar-refractivity contribution in [3.8, 4) is 0 Å². The molecule has 0 bridgehead atoms. The van der Waals surface area contributed by atoms with Gasteiger partial charge in [0, 0.05) is 19.3 Å². The van der Waals surface area contributed by atoms with Gasteiger partial charge in [-0.1, -0.05) is 218 Å². The van der Waals surface area contributed by atoms with Crippen molar-refractivity contribution in [2.24, 2.45) is 0 Å². The Morgan fingerprint density at radius 1 is 0.392 bits per heavy atom. The summed E-state index contributed by atoms with van der Waals surface area (Å²) < 4.78 is 65.0. The summed E-state index contributed by atoms with van der Waals surface area (Å²) in [7, 11) is -5.70. The van der Waals surface area contributed by atoms with Gasteiger partial charge in [0.1, 0.15) is 98.7 Å². The van der Waals surface area contributed by atoms with Crippen molar-refractivity contribution >= 4 is 25.7 Å². The number of unbranched alkanes of at least 4 members (excludes halogenated alkanes) is 33. The van der Waals surface area contributed by atoms with Crippen LogP contribution in [0, 0.1) is 0 Å². The van der Waals surface area contributed by atoms with Gasteiger partial charge in [0.15, 0.2) is 18.7 Å². The number of hydrogen-bond acceptors (Lipinski definition) is 23. The number of carbonyl (C=O) groups is 3. The molecule has 11 N–H and O–H groups in total. The zero-order valence-electron chi connectivity index (χ0n) is 59.1. The number of aliphatic hydroxyl groups is 10. The zero-order valence-corrected chi connectivity index (χ0v) is 60.0. The second-order valence-electron chi connectivity index (χ2n) is 27.0. The van der Waals surface area contributed by atoms with Crippen LogP contribution in [0.3, 0.4) is 0 Å². The van der Waals surface area contributed by atoms with Crippen LogP contribution in [0.2, 0.25) is 0 Å². The molecule has 18 atom stereocenters. The Hall–Kier alpha value is -2.56. The number of esters is 3. The molecule has 3 rings (SSSR count). The molecule has 24 nitrogen and oxygen atoms in total. The Labute approximate surface area is 579 Å². The Kier molecular flexibility index (Phi) is 49.5. The first kappa shape index (κ1) is 88.7. The van der Waals surface area contributed by atoms with Gasteiger partial charge >= 0.3 is 25.7 Å². The predicted octanol–water partition coefficient (Wildman–Crippen LogP) is 10.1. The molecule has 0 aromatic rings. The fourth-order valence-electron chi connectivity index (χ4n) is 12.3. The number of aliphatic hydroxyl groups excluding tert-OH is 10. The van der Waals surface area contributed by atoms with Gasteiger partial charge in [0.25, 0.3) is 0 Å². The summed E-state index contributed by atoms with van der Waals surface area (Å²) in [5.41, 5.74) is 0. The van der Waals surface area contributed by atoms with Gasteiger partial charge in [-0.05, 0) is 70.6 Å². The topological polar surface area (TPSA) is 374 Å². The van der Waals surface area contributed by atoms with Crippen LogP contribution in [-0.2, 0) is 61.2 Å². The highest BCUT2D eigenvalue weighted by atomic mass is 31.2. The van der Waals surface area contributed by atoms with Crippen LogP contribution in [0.5, 0.6) is 0 Å². The molecule has 25 heteroatoms. The minimum Gasteiger partial charge on any atom is -0.463 e. The summed E-state index contributed by atoms with van der Waals surface area (Å²) in [6.07, 6.45) is 13.9. The first-order valence-corrected chi connectivity index (χ1v) is 39.1. The molecular formula is C72H131O24P. The van der Waals surface area contributed by atoms with Crippen LogP contribution in [0.25, 0.3) is 0 Å². The van der Waals surface area contributed by atoms with Gasteiger partial charge in [-0.15, -0.1) is 0 Å². The third-order valence-electron chi connectivity index (χ3n) is 18.5. The zero-order chi connectivity index (χ0) is 71.1. The lowest BCUT2D eigenvalue weighted by Crippen LogP contribution is -2.69. The Morgan fingerprint density at radius 3 is 1.13 bits per heavy atom.